The molecule has 0 aromatic carbocycles. The lowest BCUT2D eigenvalue weighted by atomic mass is 10.5. The van der Waals surface area contributed by atoms with Crippen molar-refractivity contribution in [3.8, 4) is 0 Å². The molecule has 0 rings (SSSR count). The van der Waals surface area contributed by atoms with Crippen LogP contribution in [0.25, 0.3) is 0 Å². The van der Waals surface area contributed by atoms with Crippen LogP contribution in [-0.2, 0) is 37.2 Å². The fourth-order valence-corrected chi connectivity index (χ4v) is 3.95. The molecule has 0 aliphatic rings. The van der Waals surface area contributed by atoms with Gasteiger partial charge >= 0.3 is 14.8 Å². The third-order valence-corrected chi connectivity index (χ3v) is 5.29. The zero-order chi connectivity index (χ0) is 18.6. The molecule has 0 bridgehead atoms. The van der Waals surface area contributed by atoms with E-state index in [4.69, 9.17) is 18.0 Å². The molecule has 0 unspecified atom stereocenters. The van der Waals surface area contributed by atoms with E-state index in [1.165, 1.54) is 0 Å². The Balaban J connectivity index is 5.16. The summed E-state index contributed by atoms with van der Waals surface area (Å²) in [5.41, 5.74) is 0. The predicted molar refractivity (Wildman–Crippen MR) is 85.5 cm³/mol. The molecule has 9 heteroatoms. The SMILES string of the molecule is C=CC(=O)OCCC[Si](OC(=O)CC)(OC(=O)CC)OC(=O)CC. The van der Waals surface area contributed by atoms with Gasteiger partial charge in [-0.2, -0.15) is 0 Å². The number of carbonyl (C=O) groups is 4. The topological polar surface area (TPSA) is 105 Å². The molecular formula is C15H24O8Si. The molecule has 0 spiro atoms. The Morgan fingerprint density at radius 3 is 1.62 bits per heavy atom. The van der Waals surface area contributed by atoms with Gasteiger partial charge in [0.1, 0.15) is 0 Å². The molecule has 0 aromatic heterocycles. The molecule has 0 heterocycles. The van der Waals surface area contributed by atoms with E-state index in [2.05, 4.69) is 6.58 Å². The Kier molecular flexibility index (Phi) is 10.4. The van der Waals surface area contributed by atoms with E-state index < -0.39 is 32.7 Å². The van der Waals surface area contributed by atoms with E-state index in [-0.39, 0.29) is 38.3 Å². The van der Waals surface area contributed by atoms with Crippen LogP contribution in [0.1, 0.15) is 46.5 Å². The Morgan fingerprint density at radius 1 is 0.875 bits per heavy atom. The van der Waals surface area contributed by atoms with Gasteiger partial charge in [0.2, 0.25) is 0 Å². The van der Waals surface area contributed by atoms with Gasteiger partial charge in [0, 0.05) is 25.3 Å². The average molecular weight is 360 g/mol. The third-order valence-electron chi connectivity index (χ3n) is 2.71. The fraction of sp³-hybridized carbons (Fsp3) is 0.600. The van der Waals surface area contributed by atoms with Gasteiger partial charge in [-0.25, -0.2) is 4.79 Å². The fourth-order valence-electron chi connectivity index (χ4n) is 1.47. The minimum Gasteiger partial charge on any atom is -0.463 e. The highest BCUT2D eigenvalue weighted by molar-refractivity contribution is 6.65. The van der Waals surface area contributed by atoms with Crippen molar-refractivity contribution in [2.75, 3.05) is 6.61 Å². The molecule has 0 aliphatic carbocycles. The van der Waals surface area contributed by atoms with Crippen LogP contribution in [0, 0.1) is 0 Å². The van der Waals surface area contributed by atoms with Crippen molar-refractivity contribution in [1.82, 2.24) is 0 Å². The monoisotopic (exact) mass is 360 g/mol. The maximum Gasteiger partial charge on any atom is 0.705 e. The van der Waals surface area contributed by atoms with Crippen molar-refractivity contribution >= 4 is 32.7 Å². The summed E-state index contributed by atoms with van der Waals surface area (Å²) < 4.78 is 20.5. The van der Waals surface area contributed by atoms with Crippen molar-refractivity contribution in [3.05, 3.63) is 12.7 Å². The summed E-state index contributed by atoms with van der Waals surface area (Å²) in [5, 5.41) is 0. The molecule has 136 valence electrons. The molecule has 0 N–H and O–H groups in total. The summed E-state index contributed by atoms with van der Waals surface area (Å²) in [6, 6.07) is -0.0271. The summed E-state index contributed by atoms with van der Waals surface area (Å²) >= 11 is 0. The first kappa shape index (κ1) is 21.8. The second kappa shape index (κ2) is 11.4. The van der Waals surface area contributed by atoms with E-state index in [9.17, 15) is 19.2 Å². The summed E-state index contributed by atoms with van der Waals surface area (Å²) in [4.78, 5) is 46.1. The number of hydrogen-bond acceptors (Lipinski definition) is 8. The van der Waals surface area contributed by atoms with E-state index in [1.807, 2.05) is 0 Å². The maximum absolute atomic E-state index is 11.7. The van der Waals surface area contributed by atoms with Crippen LogP contribution in [-0.4, -0.2) is 39.3 Å². The largest absolute Gasteiger partial charge is 0.705 e. The molecule has 24 heavy (non-hydrogen) atoms. The first-order valence-corrected chi connectivity index (χ1v) is 9.70. The first-order valence-electron chi connectivity index (χ1n) is 7.77. The predicted octanol–water partition coefficient (Wildman–Crippen LogP) is 1.90. The number of hydrogen-bond donors (Lipinski definition) is 0. The van der Waals surface area contributed by atoms with E-state index in [1.54, 1.807) is 20.8 Å². The molecule has 0 fully saturated rings. The number of carbonyl (C=O) groups excluding carboxylic acids is 4. The van der Waals surface area contributed by atoms with E-state index in [0.717, 1.165) is 6.08 Å². The number of ether oxygens (including phenoxy) is 1. The van der Waals surface area contributed by atoms with Crippen molar-refractivity contribution in [2.24, 2.45) is 0 Å². The van der Waals surface area contributed by atoms with Crippen LogP contribution in [0.15, 0.2) is 12.7 Å². The minimum absolute atomic E-state index is 0.0172. The highest BCUT2D eigenvalue weighted by Crippen LogP contribution is 2.21. The van der Waals surface area contributed by atoms with Crippen molar-refractivity contribution < 1.29 is 37.2 Å². The van der Waals surface area contributed by atoms with Gasteiger partial charge in [0.15, 0.2) is 0 Å². The first-order chi connectivity index (χ1) is 11.3. The normalized spacial score (nSPS) is 10.5. The molecule has 0 amide bonds. The van der Waals surface area contributed by atoms with Gasteiger partial charge in [-0.3, -0.25) is 14.4 Å². The van der Waals surface area contributed by atoms with Gasteiger partial charge < -0.3 is 18.0 Å². The lowest BCUT2D eigenvalue weighted by molar-refractivity contribution is -0.151. The quantitative estimate of drug-likeness (QED) is 0.238. The lowest BCUT2D eigenvalue weighted by Crippen LogP contribution is -2.50. The third kappa shape index (κ3) is 8.46. The van der Waals surface area contributed by atoms with Crippen molar-refractivity contribution in [3.63, 3.8) is 0 Å². The second-order valence-corrected chi connectivity index (χ2v) is 7.12. The van der Waals surface area contributed by atoms with Crippen LogP contribution in [0.4, 0.5) is 0 Å². The Hall–Kier alpha value is -2.16. The zero-order valence-corrected chi connectivity index (χ0v) is 15.3. The minimum atomic E-state index is -3.90. The molecular weight excluding hydrogens is 336 g/mol. The lowest BCUT2D eigenvalue weighted by Gasteiger charge is -2.27. The van der Waals surface area contributed by atoms with Gasteiger partial charge in [-0.1, -0.05) is 27.4 Å². The molecule has 0 saturated carbocycles. The van der Waals surface area contributed by atoms with Crippen LogP contribution in [0.2, 0.25) is 6.04 Å². The van der Waals surface area contributed by atoms with Crippen LogP contribution < -0.4 is 0 Å². The Bertz CT molecular complexity index is 429. The van der Waals surface area contributed by atoms with Crippen molar-refractivity contribution in [1.29, 1.82) is 0 Å². The number of rotatable bonds is 11. The van der Waals surface area contributed by atoms with Crippen LogP contribution in [0.5, 0.6) is 0 Å². The standard InChI is InChI=1S/C15H24O8Si/c1-5-12(16)20-10-9-11-24(21-13(17)6-2,22-14(18)7-3)23-15(19)8-4/h5H,1,6-11H2,2-4H3. The Morgan fingerprint density at radius 2 is 1.29 bits per heavy atom. The van der Waals surface area contributed by atoms with Crippen LogP contribution >= 0.6 is 0 Å². The average Bonchev–Trinajstić information content (AvgIpc) is 2.57. The van der Waals surface area contributed by atoms with Gasteiger partial charge in [-0.05, 0) is 6.42 Å². The molecule has 0 atom stereocenters. The molecule has 0 aromatic rings. The van der Waals surface area contributed by atoms with Gasteiger partial charge in [-0.15, -0.1) is 0 Å². The molecule has 0 saturated heterocycles. The smallest absolute Gasteiger partial charge is 0.463 e. The number of esters is 1. The highest BCUT2D eigenvalue weighted by Gasteiger charge is 2.52. The second-order valence-electron chi connectivity index (χ2n) is 4.64. The van der Waals surface area contributed by atoms with E-state index in [0.29, 0.717) is 0 Å². The van der Waals surface area contributed by atoms with E-state index >= 15 is 0 Å². The van der Waals surface area contributed by atoms with Gasteiger partial charge in [0.25, 0.3) is 17.9 Å². The molecule has 0 aliphatic heterocycles. The Labute approximate surface area is 142 Å². The zero-order valence-electron chi connectivity index (χ0n) is 14.3. The summed E-state index contributed by atoms with van der Waals surface area (Å²) in [7, 11) is -3.90. The maximum atomic E-state index is 11.7. The van der Waals surface area contributed by atoms with Crippen LogP contribution in [0.3, 0.4) is 0 Å². The van der Waals surface area contributed by atoms with Crippen molar-refractivity contribution in [2.45, 2.75) is 52.5 Å². The summed E-state index contributed by atoms with van der Waals surface area (Å²) in [6.45, 7) is 7.95. The van der Waals surface area contributed by atoms with Gasteiger partial charge in [0.05, 0.1) is 12.7 Å². The highest BCUT2D eigenvalue weighted by atomic mass is 28.4. The molecule has 8 nitrogen and oxygen atoms in total. The summed E-state index contributed by atoms with van der Waals surface area (Å²) in [5.74, 6) is -2.53. The summed E-state index contributed by atoms with van der Waals surface area (Å²) in [6.07, 6.45) is 1.31. The molecule has 0 radical (unpaired) electrons.